The van der Waals surface area contributed by atoms with Gasteiger partial charge in [-0.15, -0.1) is 0 Å². The average Bonchev–Trinajstić information content (AvgIpc) is 2.84. The third-order valence-electron chi connectivity index (χ3n) is 3.70. The van der Waals surface area contributed by atoms with Gasteiger partial charge in [-0.2, -0.15) is 5.10 Å². The van der Waals surface area contributed by atoms with Gasteiger partial charge in [-0.25, -0.2) is 9.07 Å². The number of pyridine rings is 1. The second-order valence-corrected chi connectivity index (χ2v) is 6.05. The normalized spacial score (nSPS) is 11.2. The molecule has 5 nitrogen and oxygen atoms in total. The van der Waals surface area contributed by atoms with Gasteiger partial charge in [0.05, 0.1) is 6.67 Å². The van der Waals surface area contributed by atoms with E-state index in [0.717, 1.165) is 17.0 Å². The summed E-state index contributed by atoms with van der Waals surface area (Å²) in [4.78, 5) is 6.06. The van der Waals surface area contributed by atoms with Gasteiger partial charge in [0, 0.05) is 31.5 Å². The molecule has 3 aromatic rings. The van der Waals surface area contributed by atoms with Crippen molar-refractivity contribution in [3.63, 3.8) is 0 Å². The highest BCUT2D eigenvalue weighted by molar-refractivity contribution is 7.71. The van der Waals surface area contributed by atoms with E-state index < -0.39 is 0 Å². The standard InChI is InChI=1S/C17H18FN5S/c1-21(11-13-4-3-5-15(18)10-13)12-23-17(24)22(2)16(20-23)14-6-8-19-9-7-14/h3-10H,11-12H2,1-2H3. The predicted molar refractivity (Wildman–Crippen MR) is 93.1 cm³/mol. The van der Waals surface area contributed by atoms with E-state index in [0.29, 0.717) is 18.0 Å². The molecule has 0 saturated carbocycles. The number of hydrogen-bond acceptors (Lipinski definition) is 4. The first-order valence-corrected chi connectivity index (χ1v) is 7.92. The monoisotopic (exact) mass is 343 g/mol. The van der Waals surface area contributed by atoms with Crippen molar-refractivity contribution in [2.24, 2.45) is 7.05 Å². The lowest BCUT2D eigenvalue weighted by molar-refractivity contribution is 0.244. The Bertz CT molecular complexity index is 887. The molecule has 0 amide bonds. The highest BCUT2D eigenvalue weighted by Crippen LogP contribution is 2.16. The van der Waals surface area contributed by atoms with Crippen LogP contribution in [0.2, 0.25) is 0 Å². The van der Waals surface area contributed by atoms with Crippen LogP contribution in [0.25, 0.3) is 11.4 Å². The summed E-state index contributed by atoms with van der Waals surface area (Å²) in [5.74, 6) is 0.567. The van der Waals surface area contributed by atoms with E-state index >= 15 is 0 Å². The molecule has 1 aromatic carbocycles. The highest BCUT2D eigenvalue weighted by Gasteiger charge is 2.11. The lowest BCUT2D eigenvalue weighted by Crippen LogP contribution is -2.22. The molecule has 0 bridgehead atoms. The van der Waals surface area contributed by atoms with E-state index in [2.05, 4.69) is 10.1 Å². The third kappa shape index (κ3) is 3.58. The van der Waals surface area contributed by atoms with Crippen LogP contribution in [-0.4, -0.2) is 31.3 Å². The first-order valence-electron chi connectivity index (χ1n) is 7.52. The van der Waals surface area contributed by atoms with E-state index in [1.807, 2.05) is 41.8 Å². The van der Waals surface area contributed by atoms with Crippen LogP contribution in [0.1, 0.15) is 5.56 Å². The zero-order chi connectivity index (χ0) is 17.1. The Labute approximate surface area is 145 Å². The number of benzene rings is 1. The maximum atomic E-state index is 13.3. The molecule has 2 heterocycles. The summed E-state index contributed by atoms with van der Waals surface area (Å²) in [6, 6.07) is 10.4. The van der Waals surface area contributed by atoms with Crippen molar-refractivity contribution in [2.45, 2.75) is 13.2 Å². The van der Waals surface area contributed by atoms with Crippen LogP contribution in [0.3, 0.4) is 0 Å². The van der Waals surface area contributed by atoms with Crippen molar-refractivity contribution in [1.29, 1.82) is 0 Å². The molecular weight excluding hydrogens is 325 g/mol. The van der Waals surface area contributed by atoms with Crippen LogP contribution in [0, 0.1) is 10.6 Å². The summed E-state index contributed by atoms with van der Waals surface area (Å²) in [6.07, 6.45) is 3.46. The zero-order valence-corrected chi connectivity index (χ0v) is 14.4. The SMILES string of the molecule is CN(Cc1cccc(F)c1)Cn1nc(-c2ccncc2)n(C)c1=S. The summed E-state index contributed by atoms with van der Waals surface area (Å²) in [7, 11) is 3.85. The Morgan fingerprint density at radius 2 is 1.96 bits per heavy atom. The molecule has 0 aliphatic rings. The van der Waals surface area contributed by atoms with Gasteiger partial charge in [-0.1, -0.05) is 12.1 Å². The van der Waals surface area contributed by atoms with Crippen molar-refractivity contribution in [2.75, 3.05) is 7.05 Å². The Morgan fingerprint density at radius 3 is 2.67 bits per heavy atom. The molecule has 0 atom stereocenters. The van der Waals surface area contributed by atoms with E-state index in [1.54, 1.807) is 23.1 Å². The molecule has 0 radical (unpaired) electrons. The fraction of sp³-hybridized carbons (Fsp3) is 0.235. The van der Waals surface area contributed by atoms with Crippen molar-refractivity contribution in [3.05, 3.63) is 64.9 Å². The Kier molecular flexibility index (Phi) is 4.82. The minimum atomic E-state index is -0.227. The Morgan fingerprint density at radius 1 is 1.21 bits per heavy atom. The quantitative estimate of drug-likeness (QED) is 0.667. The minimum Gasteiger partial charge on any atom is -0.303 e. The maximum absolute atomic E-state index is 13.3. The van der Waals surface area contributed by atoms with Crippen LogP contribution in [0.5, 0.6) is 0 Å². The van der Waals surface area contributed by atoms with Gasteiger partial charge in [-0.3, -0.25) is 9.88 Å². The molecule has 0 fully saturated rings. The van der Waals surface area contributed by atoms with Gasteiger partial charge in [-0.05, 0) is 49.1 Å². The molecule has 0 aliphatic carbocycles. The molecule has 7 heteroatoms. The largest absolute Gasteiger partial charge is 0.303 e. The second-order valence-electron chi connectivity index (χ2n) is 5.69. The molecule has 24 heavy (non-hydrogen) atoms. The first-order chi connectivity index (χ1) is 11.5. The summed E-state index contributed by atoms with van der Waals surface area (Å²) in [6.45, 7) is 1.13. The second kappa shape index (κ2) is 7.02. The highest BCUT2D eigenvalue weighted by atomic mass is 32.1. The van der Waals surface area contributed by atoms with Gasteiger partial charge < -0.3 is 4.57 Å². The van der Waals surface area contributed by atoms with Crippen molar-refractivity contribution in [1.82, 2.24) is 24.2 Å². The number of hydrogen-bond donors (Lipinski definition) is 0. The number of rotatable bonds is 5. The lowest BCUT2D eigenvalue weighted by Gasteiger charge is -2.16. The Hall–Kier alpha value is -2.38. The summed E-state index contributed by atoms with van der Waals surface area (Å²) in [5.41, 5.74) is 1.87. The van der Waals surface area contributed by atoms with E-state index in [1.165, 1.54) is 12.1 Å². The summed E-state index contributed by atoms with van der Waals surface area (Å²) >= 11 is 5.48. The summed E-state index contributed by atoms with van der Waals surface area (Å²) in [5, 5.41) is 4.61. The van der Waals surface area contributed by atoms with Crippen LogP contribution in [-0.2, 0) is 20.3 Å². The number of aromatic nitrogens is 4. The Balaban J connectivity index is 1.79. The fourth-order valence-electron chi connectivity index (χ4n) is 2.56. The van der Waals surface area contributed by atoms with Crippen LogP contribution in [0.4, 0.5) is 4.39 Å². The lowest BCUT2D eigenvalue weighted by atomic mass is 10.2. The van der Waals surface area contributed by atoms with E-state index in [-0.39, 0.29) is 5.82 Å². The van der Waals surface area contributed by atoms with Gasteiger partial charge in [0.25, 0.3) is 0 Å². The average molecular weight is 343 g/mol. The van der Waals surface area contributed by atoms with Gasteiger partial charge in [0.15, 0.2) is 10.6 Å². The zero-order valence-electron chi connectivity index (χ0n) is 13.6. The smallest absolute Gasteiger partial charge is 0.199 e. The van der Waals surface area contributed by atoms with Gasteiger partial charge in [0.1, 0.15) is 5.82 Å². The molecule has 124 valence electrons. The summed E-state index contributed by atoms with van der Waals surface area (Å²) < 4.78 is 17.6. The molecular formula is C17H18FN5S. The molecule has 0 aliphatic heterocycles. The van der Waals surface area contributed by atoms with Crippen LogP contribution >= 0.6 is 12.2 Å². The maximum Gasteiger partial charge on any atom is 0.199 e. The fourth-order valence-corrected chi connectivity index (χ4v) is 2.74. The molecule has 0 unspecified atom stereocenters. The van der Waals surface area contributed by atoms with E-state index in [9.17, 15) is 4.39 Å². The van der Waals surface area contributed by atoms with Crippen LogP contribution < -0.4 is 0 Å². The first kappa shape index (κ1) is 16.5. The van der Waals surface area contributed by atoms with Gasteiger partial charge >= 0.3 is 0 Å². The van der Waals surface area contributed by atoms with Crippen molar-refractivity contribution in [3.8, 4) is 11.4 Å². The van der Waals surface area contributed by atoms with Crippen molar-refractivity contribution >= 4 is 12.2 Å². The topological polar surface area (TPSA) is 38.9 Å². The molecule has 0 spiro atoms. The molecule has 0 saturated heterocycles. The van der Waals surface area contributed by atoms with E-state index in [4.69, 9.17) is 12.2 Å². The molecule has 3 rings (SSSR count). The third-order valence-corrected chi connectivity index (χ3v) is 4.18. The van der Waals surface area contributed by atoms with Crippen molar-refractivity contribution < 1.29 is 4.39 Å². The predicted octanol–water partition coefficient (Wildman–Crippen LogP) is 3.24. The minimum absolute atomic E-state index is 0.227. The number of nitrogens with zero attached hydrogens (tertiary/aromatic N) is 5. The molecule has 0 N–H and O–H groups in total. The van der Waals surface area contributed by atoms with Crippen LogP contribution in [0.15, 0.2) is 48.8 Å². The molecule has 2 aromatic heterocycles. The number of halogens is 1. The van der Waals surface area contributed by atoms with Gasteiger partial charge in [0.2, 0.25) is 0 Å².